The summed E-state index contributed by atoms with van der Waals surface area (Å²) in [7, 11) is 0. The van der Waals surface area contributed by atoms with Crippen LogP contribution in [0.1, 0.15) is 40.2 Å². The summed E-state index contributed by atoms with van der Waals surface area (Å²) < 4.78 is 13.9. The number of hydrogen-bond acceptors (Lipinski definition) is 3. The molecule has 0 fully saturated rings. The van der Waals surface area contributed by atoms with Gasteiger partial charge in [-0.25, -0.2) is 9.18 Å². The second-order valence-corrected chi connectivity index (χ2v) is 5.50. The van der Waals surface area contributed by atoms with Gasteiger partial charge in [0, 0.05) is 18.7 Å². The van der Waals surface area contributed by atoms with Crippen molar-refractivity contribution in [2.24, 2.45) is 0 Å². The van der Waals surface area contributed by atoms with Crippen LogP contribution in [0, 0.1) is 5.82 Å². The average Bonchev–Trinajstić information content (AvgIpc) is 2.53. The molecule has 1 aliphatic rings. The van der Waals surface area contributed by atoms with E-state index in [4.69, 9.17) is 0 Å². The van der Waals surface area contributed by atoms with Crippen molar-refractivity contribution >= 4 is 11.7 Å². The van der Waals surface area contributed by atoms with Gasteiger partial charge < -0.3 is 10.4 Å². The van der Waals surface area contributed by atoms with Crippen LogP contribution in [0.25, 0.3) is 0 Å². The summed E-state index contributed by atoms with van der Waals surface area (Å²) in [6.45, 7) is 0.572. The van der Waals surface area contributed by atoms with Gasteiger partial charge in [-0.3, -0.25) is 4.98 Å². The van der Waals surface area contributed by atoms with Gasteiger partial charge >= 0.3 is 5.97 Å². The first kappa shape index (κ1) is 14.5. The van der Waals surface area contributed by atoms with E-state index in [1.54, 1.807) is 6.07 Å². The molecule has 0 radical (unpaired) electrons. The molecule has 0 saturated heterocycles. The summed E-state index contributed by atoms with van der Waals surface area (Å²) in [6, 6.07) is 6.67. The van der Waals surface area contributed by atoms with Crippen LogP contribution in [0.3, 0.4) is 0 Å². The lowest BCUT2D eigenvalue weighted by Crippen LogP contribution is -2.20. The maximum Gasteiger partial charge on any atom is 0.337 e. The number of anilines is 1. The number of nitrogens with one attached hydrogen (secondary N) is 1. The number of fused-ring (bicyclic) bond motifs is 1. The van der Waals surface area contributed by atoms with Crippen LogP contribution in [-0.4, -0.2) is 22.6 Å². The van der Waals surface area contributed by atoms with E-state index in [2.05, 4.69) is 10.3 Å². The smallest absolute Gasteiger partial charge is 0.337 e. The van der Waals surface area contributed by atoms with E-state index in [-0.39, 0.29) is 17.3 Å². The fourth-order valence-corrected chi connectivity index (χ4v) is 3.07. The third kappa shape index (κ3) is 2.79. The van der Waals surface area contributed by atoms with Gasteiger partial charge in [0.25, 0.3) is 0 Å². The molecule has 0 spiro atoms. The van der Waals surface area contributed by atoms with Gasteiger partial charge in [-0.1, -0.05) is 12.1 Å². The monoisotopic (exact) mass is 300 g/mol. The molecule has 3 rings (SSSR count). The third-order valence-corrected chi connectivity index (χ3v) is 4.16. The first-order valence-electron chi connectivity index (χ1n) is 7.35. The molecule has 0 saturated carbocycles. The van der Waals surface area contributed by atoms with Crippen LogP contribution in [0.4, 0.5) is 10.1 Å². The van der Waals surface area contributed by atoms with Gasteiger partial charge in [-0.15, -0.1) is 0 Å². The molecule has 2 aromatic rings. The Labute approximate surface area is 128 Å². The number of carboxylic acids is 1. The van der Waals surface area contributed by atoms with Crippen molar-refractivity contribution in [2.45, 2.75) is 25.2 Å². The third-order valence-electron chi connectivity index (χ3n) is 4.16. The van der Waals surface area contributed by atoms with Gasteiger partial charge in [0.2, 0.25) is 0 Å². The quantitative estimate of drug-likeness (QED) is 0.908. The Morgan fingerprint density at radius 2 is 2.27 bits per heavy atom. The lowest BCUT2D eigenvalue weighted by atomic mass is 9.82. The van der Waals surface area contributed by atoms with E-state index < -0.39 is 5.97 Å². The van der Waals surface area contributed by atoms with Crippen LogP contribution >= 0.6 is 0 Å². The Morgan fingerprint density at radius 1 is 1.41 bits per heavy atom. The van der Waals surface area contributed by atoms with E-state index in [1.165, 1.54) is 24.5 Å². The summed E-state index contributed by atoms with van der Waals surface area (Å²) in [6.07, 6.45) is 5.65. The van der Waals surface area contributed by atoms with E-state index in [9.17, 15) is 14.3 Å². The minimum absolute atomic E-state index is 0.144. The van der Waals surface area contributed by atoms with Crippen LogP contribution < -0.4 is 5.32 Å². The minimum Gasteiger partial charge on any atom is -0.478 e. The summed E-state index contributed by atoms with van der Waals surface area (Å²) in [5.74, 6) is -0.948. The predicted octanol–water partition coefficient (Wildman–Crippen LogP) is 3.45. The number of aromatic carboxylic acids is 1. The number of pyridine rings is 1. The number of hydrogen-bond donors (Lipinski definition) is 2. The molecule has 1 aliphatic carbocycles. The molecule has 0 bridgehead atoms. The molecule has 4 nitrogen and oxygen atoms in total. The molecule has 5 heteroatoms. The fraction of sp³-hybridized carbons (Fsp3) is 0.294. The number of carboxylic acid groups (broad SMARTS) is 1. The number of carbonyl (C=O) groups is 1. The Bertz CT molecular complexity index is 703. The zero-order valence-electron chi connectivity index (χ0n) is 12.1. The molecule has 1 aromatic carbocycles. The van der Waals surface area contributed by atoms with E-state index in [1.807, 2.05) is 6.07 Å². The van der Waals surface area contributed by atoms with Crippen molar-refractivity contribution in [1.82, 2.24) is 4.98 Å². The van der Waals surface area contributed by atoms with Crippen molar-refractivity contribution in [1.29, 1.82) is 0 Å². The van der Waals surface area contributed by atoms with Crippen LogP contribution in [0.2, 0.25) is 0 Å². The topological polar surface area (TPSA) is 62.2 Å². The highest BCUT2D eigenvalue weighted by atomic mass is 19.1. The molecule has 2 N–H and O–H groups in total. The van der Waals surface area contributed by atoms with Gasteiger partial charge in [0.15, 0.2) is 0 Å². The van der Waals surface area contributed by atoms with Crippen molar-refractivity contribution < 1.29 is 14.3 Å². The number of halogens is 1. The lowest BCUT2D eigenvalue weighted by Gasteiger charge is -2.26. The number of benzene rings is 1. The highest BCUT2D eigenvalue weighted by molar-refractivity contribution is 5.93. The Kier molecular flexibility index (Phi) is 4.04. The molecular formula is C17H17FN2O2. The largest absolute Gasteiger partial charge is 0.478 e. The van der Waals surface area contributed by atoms with Crippen molar-refractivity contribution in [3.05, 3.63) is 59.2 Å². The molecule has 1 heterocycles. The molecule has 1 aromatic heterocycles. The van der Waals surface area contributed by atoms with Gasteiger partial charge in [0.1, 0.15) is 5.82 Å². The van der Waals surface area contributed by atoms with E-state index >= 15 is 0 Å². The van der Waals surface area contributed by atoms with E-state index in [0.29, 0.717) is 12.2 Å². The maximum absolute atomic E-state index is 13.9. The van der Waals surface area contributed by atoms with Crippen molar-refractivity contribution in [3.8, 4) is 0 Å². The van der Waals surface area contributed by atoms with Gasteiger partial charge in [0.05, 0.1) is 17.4 Å². The average molecular weight is 300 g/mol. The summed E-state index contributed by atoms with van der Waals surface area (Å²) in [4.78, 5) is 15.2. The fourth-order valence-electron chi connectivity index (χ4n) is 3.07. The number of rotatable bonds is 4. The second-order valence-electron chi connectivity index (χ2n) is 5.50. The molecule has 0 amide bonds. The SMILES string of the molecule is O=C(O)c1ccncc1NC[C@H]1CCCc2c(F)cccc21. The molecule has 114 valence electrons. The van der Waals surface area contributed by atoms with Crippen LogP contribution in [0.5, 0.6) is 0 Å². The van der Waals surface area contributed by atoms with Crippen LogP contribution in [-0.2, 0) is 6.42 Å². The summed E-state index contributed by atoms with van der Waals surface area (Å²) >= 11 is 0. The van der Waals surface area contributed by atoms with Gasteiger partial charge in [-0.05, 0) is 42.5 Å². The number of aromatic nitrogens is 1. The van der Waals surface area contributed by atoms with Crippen molar-refractivity contribution in [2.75, 3.05) is 11.9 Å². The Morgan fingerprint density at radius 3 is 3.09 bits per heavy atom. The normalized spacial score (nSPS) is 16.9. The standard InChI is InChI=1S/C17H17FN2O2/c18-15-6-2-4-12-11(3-1-5-13(12)15)9-20-16-10-19-8-7-14(16)17(21)22/h2,4,6-8,10-11,20H,1,3,5,9H2,(H,21,22)/t11-/m1/s1. The van der Waals surface area contributed by atoms with Crippen molar-refractivity contribution in [3.63, 3.8) is 0 Å². The first-order chi connectivity index (χ1) is 10.7. The first-order valence-corrected chi connectivity index (χ1v) is 7.35. The Hall–Kier alpha value is -2.43. The van der Waals surface area contributed by atoms with E-state index in [0.717, 1.165) is 30.4 Å². The lowest BCUT2D eigenvalue weighted by molar-refractivity contribution is 0.0698. The number of nitrogens with zero attached hydrogens (tertiary/aromatic N) is 1. The zero-order chi connectivity index (χ0) is 15.5. The molecular weight excluding hydrogens is 283 g/mol. The zero-order valence-corrected chi connectivity index (χ0v) is 12.1. The maximum atomic E-state index is 13.9. The second kappa shape index (κ2) is 6.13. The van der Waals surface area contributed by atoms with Crippen LogP contribution in [0.15, 0.2) is 36.7 Å². The molecule has 1 atom stereocenters. The molecule has 0 aliphatic heterocycles. The Balaban J connectivity index is 1.79. The summed E-state index contributed by atoms with van der Waals surface area (Å²) in [5, 5.41) is 12.3. The van der Waals surface area contributed by atoms with Gasteiger partial charge in [-0.2, -0.15) is 0 Å². The summed E-state index contributed by atoms with van der Waals surface area (Å²) in [5.41, 5.74) is 2.52. The highest BCUT2D eigenvalue weighted by Gasteiger charge is 2.22. The molecule has 22 heavy (non-hydrogen) atoms. The highest BCUT2D eigenvalue weighted by Crippen LogP contribution is 2.33. The molecule has 0 unspecified atom stereocenters. The predicted molar refractivity (Wildman–Crippen MR) is 81.8 cm³/mol. The minimum atomic E-state index is -0.986.